The summed E-state index contributed by atoms with van der Waals surface area (Å²) < 4.78 is -1.09. The normalized spacial score (nSPS) is 22.9. The van der Waals surface area contributed by atoms with E-state index in [0.29, 0.717) is 11.8 Å². The predicted molar refractivity (Wildman–Crippen MR) is 161 cm³/mol. The number of halogens is 2. The molecule has 2 unspecified atom stereocenters. The van der Waals surface area contributed by atoms with Gasteiger partial charge in [-0.2, -0.15) is 0 Å². The van der Waals surface area contributed by atoms with Gasteiger partial charge in [-0.25, -0.2) is 0 Å². The summed E-state index contributed by atoms with van der Waals surface area (Å²) in [6, 6.07) is 24.2. The van der Waals surface area contributed by atoms with Crippen LogP contribution in [0.15, 0.2) is 77.9 Å². The summed E-state index contributed by atoms with van der Waals surface area (Å²) in [7, 11) is -1.18. The Hall–Kier alpha value is -1.18. The third kappa shape index (κ3) is 4.35. The summed E-state index contributed by atoms with van der Waals surface area (Å²) in [5.41, 5.74) is 14.3. The molecular weight excluding hydrogens is 587 g/mol. The molecule has 0 saturated carbocycles. The smallest absolute Gasteiger partial charge is 0.0923 e. The van der Waals surface area contributed by atoms with Crippen molar-refractivity contribution in [3.05, 3.63) is 117 Å². The van der Waals surface area contributed by atoms with Crippen LogP contribution in [-0.2, 0) is 35.2 Å². The first-order valence-electron chi connectivity index (χ1n) is 13.1. The summed E-state index contributed by atoms with van der Waals surface area (Å²) in [4.78, 5) is 0. The van der Waals surface area contributed by atoms with Crippen LogP contribution in [-0.4, -0.2) is 9.52 Å². The van der Waals surface area contributed by atoms with E-state index in [1.165, 1.54) is 61.2 Å². The second kappa shape index (κ2) is 10.4. The summed E-state index contributed by atoms with van der Waals surface area (Å²) in [6.07, 6.45) is 0. The average Bonchev–Trinajstić information content (AvgIpc) is 3.19. The molecule has 190 valence electrons. The van der Waals surface area contributed by atoms with Crippen LogP contribution in [0, 0.1) is 0 Å². The maximum atomic E-state index is 7.92. The fourth-order valence-electron chi connectivity index (χ4n) is 6.49. The van der Waals surface area contributed by atoms with E-state index in [4.69, 9.17) is 23.2 Å². The Morgan fingerprint density at radius 3 is 1.65 bits per heavy atom. The van der Waals surface area contributed by atoms with Gasteiger partial charge in [0, 0.05) is 26.2 Å². The van der Waals surface area contributed by atoms with E-state index in [9.17, 15) is 0 Å². The van der Waals surface area contributed by atoms with Gasteiger partial charge in [-0.3, -0.25) is 0 Å². The van der Waals surface area contributed by atoms with Crippen molar-refractivity contribution in [1.82, 2.24) is 0 Å². The Kier molecular flexibility index (Phi) is 8.12. The second-order valence-electron chi connectivity index (χ2n) is 11.2. The van der Waals surface area contributed by atoms with E-state index in [-0.39, 0.29) is 26.2 Å². The van der Waals surface area contributed by atoms with E-state index in [1.54, 1.807) is 0 Å². The van der Waals surface area contributed by atoms with E-state index in [0.717, 1.165) is 0 Å². The molecule has 2 aliphatic carbocycles. The zero-order valence-electron chi connectivity index (χ0n) is 23.0. The molecule has 4 heteroatoms. The van der Waals surface area contributed by atoms with E-state index < -0.39 is 18.5 Å². The van der Waals surface area contributed by atoms with Crippen molar-refractivity contribution >= 4 is 43.9 Å². The molecule has 3 aromatic carbocycles. The first kappa shape index (κ1) is 28.8. The molecule has 0 aliphatic heterocycles. The van der Waals surface area contributed by atoms with Gasteiger partial charge in [-0.15, -0.1) is 23.2 Å². The van der Waals surface area contributed by atoms with E-state index in [2.05, 4.69) is 115 Å². The van der Waals surface area contributed by atoms with E-state index in [1.807, 2.05) is 0 Å². The minimum absolute atomic E-state index is 0. The molecule has 0 fully saturated rings. The Balaban J connectivity index is 0.00000320. The molecule has 0 saturated heterocycles. The van der Waals surface area contributed by atoms with Crippen LogP contribution in [0.2, 0.25) is 0 Å². The Morgan fingerprint density at radius 2 is 1.11 bits per heavy atom. The summed E-state index contributed by atoms with van der Waals surface area (Å²) >= 11 is 15.7. The second-order valence-corrected chi connectivity index (χ2v) is 15.9. The van der Waals surface area contributed by atoms with Crippen molar-refractivity contribution in [2.24, 2.45) is 0 Å². The minimum Gasteiger partial charge on any atom is -0.114 e. The van der Waals surface area contributed by atoms with Crippen molar-refractivity contribution in [3.63, 3.8) is 0 Å². The molecule has 0 radical (unpaired) electrons. The topological polar surface area (TPSA) is 0 Å². The maximum absolute atomic E-state index is 7.92. The summed E-state index contributed by atoms with van der Waals surface area (Å²) in [5, 5.41) is 0. The third-order valence-electron chi connectivity index (χ3n) is 8.59. The van der Waals surface area contributed by atoms with Crippen LogP contribution in [0.4, 0.5) is 0 Å². The van der Waals surface area contributed by atoms with Gasteiger partial charge in [-0.1, -0.05) is 94.4 Å². The number of alkyl halides is 2. The van der Waals surface area contributed by atoms with Crippen LogP contribution in [0.25, 0.3) is 11.1 Å². The van der Waals surface area contributed by atoms with Crippen molar-refractivity contribution in [2.45, 2.75) is 69.3 Å². The number of hydrogen-bond donors (Lipinski definition) is 0. The molecule has 2 aliphatic rings. The van der Waals surface area contributed by atoms with Crippen molar-refractivity contribution in [3.8, 4) is 0 Å². The molecule has 2 atom stereocenters. The van der Waals surface area contributed by atoms with Crippen LogP contribution in [0.1, 0.15) is 99.2 Å². The summed E-state index contributed by atoms with van der Waals surface area (Å²) in [5.74, 6) is 0.849. The zero-order chi connectivity index (χ0) is 26.0. The molecule has 0 heterocycles. The number of benzene rings is 3. The first-order valence-corrected chi connectivity index (χ1v) is 15.3. The zero-order valence-corrected chi connectivity index (χ0v) is 28.4. The Bertz CT molecular complexity index is 1420. The van der Waals surface area contributed by atoms with Gasteiger partial charge in [0.25, 0.3) is 0 Å². The minimum atomic E-state index is -1.18. The molecule has 0 aromatic heterocycles. The van der Waals surface area contributed by atoms with Gasteiger partial charge in [0.15, 0.2) is 0 Å². The summed E-state index contributed by atoms with van der Waals surface area (Å²) in [6.45, 7) is 15.8. The van der Waals surface area contributed by atoms with Gasteiger partial charge in [-0.05, 0) is 93.8 Å². The molecule has 5 rings (SSSR count). The SMILES string of the molecule is CC1=C(C)C(Cl)([SiH2]C2(Cl)C(C)=C(c3ccccc3)c3c(C(C)C)cccc32)c2cccc(C(C)C)c21.[Zr]. The predicted octanol–water partition coefficient (Wildman–Crippen LogP) is 9.23. The van der Waals surface area contributed by atoms with Gasteiger partial charge >= 0.3 is 0 Å². The van der Waals surface area contributed by atoms with Gasteiger partial charge in [0.05, 0.1) is 18.5 Å². The van der Waals surface area contributed by atoms with Gasteiger partial charge in [0.1, 0.15) is 0 Å². The van der Waals surface area contributed by atoms with Crippen LogP contribution < -0.4 is 0 Å². The molecule has 0 nitrogen and oxygen atoms in total. The van der Waals surface area contributed by atoms with Crippen LogP contribution >= 0.6 is 23.2 Å². The van der Waals surface area contributed by atoms with Crippen molar-refractivity contribution in [2.75, 3.05) is 0 Å². The quantitative estimate of drug-likeness (QED) is 0.197. The number of hydrogen-bond acceptors (Lipinski definition) is 0. The number of allylic oxidation sites excluding steroid dienone is 3. The molecule has 0 spiro atoms. The third-order valence-corrected chi connectivity index (χ3v) is 13.2. The van der Waals surface area contributed by atoms with Crippen molar-refractivity contribution < 1.29 is 26.2 Å². The standard InChI is InChI=1S/C33H36Cl2Si.Zr/c1-19(2)25-15-11-17-27-29(25)21(5)22(6)32(27,34)36-33(35)23(7)30(24-13-9-8-10-14-24)31-26(20(3)4)16-12-18-28(31)33;/h8-20H,36H2,1-7H3;. The van der Waals surface area contributed by atoms with Crippen LogP contribution in [0.3, 0.4) is 0 Å². The fourth-order valence-corrected chi connectivity index (χ4v) is 11.1. The Morgan fingerprint density at radius 1 is 0.622 bits per heavy atom. The largest absolute Gasteiger partial charge is 0.114 e. The van der Waals surface area contributed by atoms with Gasteiger partial charge in [0.2, 0.25) is 0 Å². The number of fused-ring (bicyclic) bond motifs is 2. The fraction of sp³-hybridized carbons (Fsp3) is 0.333. The number of rotatable bonds is 5. The molecule has 37 heavy (non-hydrogen) atoms. The Labute approximate surface area is 254 Å². The molecule has 0 N–H and O–H groups in total. The maximum Gasteiger partial charge on any atom is 0.0923 e. The van der Waals surface area contributed by atoms with Crippen LogP contribution in [0.5, 0.6) is 0 Å². The molecular formula is C33H36Cl2SiZr. The average molecular weight is 623 g/mol. The molecule has 0 amide bonds. The van der Waals surface area contributed by atoms with E-state index >= 15 is 0 Å². The monoisotopic (exact) mass is 620 g/mol. The van der Waals surface area contributed by atoms with Gasteiger partial charge < -0.3 is 0 Å². The molecule has 0 bridgehead atoms. The first-order chi connectivity index (χ1) is 17.0. The van der Waals surface area contributed by atoms with Crippen molar-refractivity contribution in [1.29, 1.82) is 0 Å². The molecule has 3 aromatic rings.